The monoisotopic (exact) mass is 264 g/mol. The van der Waals surface area contributed by atoms with Crippen molar-refractivity contribution in [1.29, 1.82) is 0 Å². The molecule has 0 aromatic rings. The molecule has 0 aliphatic carbocycles. The molecule has 0 aliphatic rings. The van der Waals surface area contributed by atoms with Crippen LogP contribution >= 0.6 is 0 Å². The quantitative estimate of drug-likeness (QED) is 0.692. The second-order valence-electron chi connectivity index (χ2n) is 4.84. The van der Waals surface area contributed by atoms with Gasteiger partial charge in [0.2, 0.25) is 5.91 Å². The molecule has 3 N–H and O–H groups in total. The molecule has 0 saturated heterocycles. The first-order chi connectivity index (χ1) is 7.68. The van der Waals surface area contributed by atoms with Crippen LogP contribution in [0.15, 0.2) is 0 Å². The zero-order valence-electron chi connectivity index (χ0n) is 11.1. The van der Waals surface area contributed by atoms with Gasteiger partial charge in [0, 0.05) is 11.8 Å². The van der Waals surface area contributed by atoms with Gasteiger partial charge in [-0.3, -0.25) is 4.79 Å². The predicted molar refractivity (Wildman–Crippen MR) is 69.4 cm³/mol. The van der Waals surface area contributed by atoms with E-state index in [0.29, 0.717) is 12.3 Å². The second-order valence-corrected chi connectivity index (χ2v) is 7.24. The van der Waals surface area contributed by atoms with Crippen LogP contribution in [0.3, 0.4) is 0 Å². The largest absolute Gasteiger partial charge is 0.351 e. The summed E-state index contributed by atoms with van der Waals surface area (Å²) in [7, 11) is -3.07. The Balaban J connectivity index is 4.21. The first kappa shape index (κ1) is 16.4. The average Bonchev–Trinajstić information content (AvgIpc) is 2.15. The van der Waals surface area contributed by atoms with Crippen molar-refractivity contribution in [3.05, 3.63) is 0 Å². The Labute approximate surface area is 104 Å². The fourth-order valence-corrected chi connectivity index (χ4v) is 2.59. The number of nitrogens with two attached hydrogens (primary N) is 1. The molecule has 0 aromatic carbocycles. The van der Waals surface area contributed by atoms with Gasteiger partial charge in [-0.05, 0) is 19.3 Å². The molecule has 0 saturated carbocycles. The van der Waals surface area contributed by atoms with E-state index in [2.05, 4.69) is 5.32 Å². The summed E-state index contributed by atoms with van der Waals surface area (Å²) in [6, 6.07) is -0.965. The SMILES string of the molecule is CCS(=O)(=O)CC(C)NC(=O)[C@@H](N)CC(C)C. The van der Waals surface area contributed by atoms with Crippen molar-refractivity contribution in [2.75, 3.05) is 11.5 Å². The number of carbonyl (C=O) groups is 1. The highest BCUT2D eigenvalue weighted by atomic mass is 32.2. The topological polar surface area (TPSA) is 89.3 Å². The van der Waals surface area contributed by atoms with Crippen LogP contribution in [0.5, 0.6) is 0 Å². The van der Waals surface area contributed by atoms with E-state index < -0.39 is 21.9 Å². The maximum absolute atomic E-state index is 11.6. The molecular weight excluding hydrogens is 240 g/mol. The average molecular weight is 264 g/mol. The molecule has 0 spiro atoms. The zero-order valence-corrected chi connectivity index (χ0v) is 11.9. The number of carbonyl (C=O) groups excluding carboxylic acids is 1. The molecule has 1 amide bonds. The molecule has 0 aromatic heterocycles. The summed E-state index contributed by atoms with van der Waals surface area (Å²) in [6.45, 7) is 7.23. The van der Waals surface area contributed by atoms with Crippen LogP contribution in [-0.4, -0.2) is 37.9 Å². The maximum Gasteiger partial charge on any atom is 0.237 e. The van der Waals surface area contributed by atoms with E-state index in [1.54, 1.807) is 13.8 Å². The Morgan fingerprint density at radius 1 is 1.29 bits per heavy atom. The van der Waals surface area contributed by atoms with Crippen molar-refractivity contribution in [2.24, 2.45) is 11.7 Å². The van der Waals surface area contributed by atoms with Crippen molar-refractivity contribution < 1.29 is 13.2 Å². The van der Waals surface area contributed by atoms with Crippen molar-refractivity contribution in [2.45, 2.75) is 46.2 Å². The van der Waals surface area contributed by atoms with Gasteiger partial charge in [-0.25, -0.2) is 8.42 Å². The van der Waals surface area contributed by atoms with Gasteiger partial charge in [0.15, 0.2) is 9.84 Å². The van der Waals surface area contributed by atoms with E-state index in [4.69, 9.17) is 5.73 Å². The molecule has 6 heteroatoms. The minimum atomic E-state index is -3.07. The number of rotatable bonds is 7. The van der Waals surface area contributed by atoms with E-state index in [1.165, 1.54) is 0 Å². The zero-order chi connectivity index (χ0) is 13.6. The lowest BCUT2D eigenvalue weighted by atomic mass is 10.0. The lowest BCUT2D eigenvalue weighted by molar-refractivity contribution is -0.123. The Kier molecular flexibility index (Phi) is 6.70. The highest BCUT2D eigenvalue weighted by Gasteiger charge is 2.19. The minimum absolute atomic E-state index is 0.0381. The molecular formula is C11H24N2O3S. The van der Waals surface area contributed by atoms with Gasteiger partial charge in [0.1, 0.15) is 0 Å². The lowest BCUT2D eigenvalue weighted by Gasteiger charge is -2.18. The second kappa shape index (κ2) is 6.96. The maximum atomic E-state index is 11.6. The fraction of sp³-hybridized carbons (Fsp3) is 0.909. The van der Waals surface area contributed by atoms with E-state index in [0.717, 1.165) is 0 Å². The molecule has 0 bridgehead atoms. The smallest absolute Gasteiger partial charge is 0.237 e. The van der Waals surface area contributed by atoms with Crippen molar-refractivity contribution in [1.82, 2.24) is 5.32 Å². The molecule has 0 heterocycles. The summed E-state index contributed by atoms with van der Waals surface area (Å²) in [5.74, 6) is 0.109. The van der Waals surface area contributed by atoms with Crippen LogP contribution in [0.1, 0.15) is 34.1 Å². The molecule has 0 fully saturated rings. The van der Waals surface area contributed by atoms with E-state index in [1.807, 2.05) is 13.8 Å². The van der Waals surface area contributed by atoms with Gasteiger partial charge in [-0.15, -0.1) is 0 Å². The Morgan fingerprint density at radius 3 is 2.24 bits per heavy atom. The molecule has 17 heavy (non-hydrogen) atoms. The van der Waals surface area contributed by atoms with Gasteiger partial charge >= 0.3 is 0 Å². The highest BCUT2D eigenvalue weighted by Crippen LogP contribution is 2.03. The normalized spacial score (nSPS) is 15.6. The van der Waals surface area contributed by atoms with Crippen LogP contribution < -0.4 is 11.1 Å². The summed E-state index contributed by atoms with van der Waals surface area (Å²) < 4.78 is 22.7. The van der Waals surface area contributed by atoms with Crippen LogP contribution in [0.2, 0.25) is 0 Å². The molecule has 2 atom stereocenters. The van der Waals surface area contributed by atoms with E-state index in [9.17, 15) is 13.2 Å². The van der Waals surface area contributed by atoms with E-state index >= 15 is 0 Å². The number of nitrogens with one attached hydrogen (secondary N) is 1. The molecule has 1 unspecified atom stereocenters. The first-order valence-electron chi connectivity index (χ1n) is 5.94. The fourth-order valence-electron chi connectivity index (χ4n) is 1.51. The van der Waals surface area contributed by atoms with Crippen LogP contribution in [0.4, 0.5) is 0 Å². The number of hydrogen-bond donors (Lipinski definition) is 2. The molecule has 5 nitrogen and oxygen atoms in total. The summed E-state index contributed by atoms with van der Waals surface area (Å²) >= 11 is 0. The summed E-state index contributed by atoms with van der Waals surface area (Å²) in [5, 5.41) is 2.63. The Hall–Kier alpha value is -0.620. The van der Waals surface area contributed by atoms with Crippen molar-refractivity contribution >= 4 is 15.7 Å². The van der Waals surface area contributed by atoms with Crippen molar-refractivity contribution in [3.8, 4) is 0 Å². The van der Waals surface area contributed by atoms with Crippen LogP contribution in [0.25, 0.3) is 0 Å². The third kappa shape index (κ3) is 7.33. The molecule has 102 valence electrons. The first-order valence-corrected chi connectivity index (χ1v) is 7.76. The van der Waals surface area contributed by atoms with Gasteiger partial charge in [0.05, 0.1) is 11.8 Å². The minimum Gasteiger partial charge on any atom is -0.351 e. The van der Waals surface area contributed by atoms with E-state index in [-0.39, 0.29) is 17.4 Å². The van der Waals surface area contributed by atoms with Crippen LogP contribution in [-0.2, 0) is 14.6 Å². The van der Waals surface area contributed by atoms with Gasteiger partial charge < -0.3 is 11.1 Å². The molecule has 0 aliphatic heterocycles. The Bertz CT molecular complexity index is 339. The number of amides is 1. The lowest BCUT2D eigenvalue weighted by Crippen LogP contribution is -2.47. The molecule has 0 rings (SSSR count). The number of sulfone groups is 1. The molecule has 0 radical (unpaired) electrons. The third-order valence-electron chi connectivity index (χ3n) is 2.39. The number of hydrogen-bond acceptors (Lipinski definition) is 4. The summed E-state index contributed by atoms with van der Waals surface area (Å²) in [6.07, 6.45) is 0.596. The standard InChI is InChI=1S/C11H24N2O3S/c1-5-17(15,16)7-9(4)13-11(14)10(12)6-8(2)3/h8-10H,5-7,12H2,1-4H3,(H,13,14)/t9?,10-/m0/s1. The Morgan fingerprint density at radius 2 is 1.82 bits per heavy atom. The summed E-state index contributed by atoms with van der Waals surface area (Å²) in [4.78, 5) is 11.6. The van der Waals surface area contributed by atoms with Crippen LogP contribution in [0, 0.1) is 5.92 Å². The van der Waals surface area contributed by atoms with Gasteiger partial charge in [-0.2, -0.15) is 0 Å². The highest BCUT2D eigenvalue weighted by molar-refractivity contribution is 7.91. The third-order valence-corrected chi connectivity index (χ3v) is 4.28. The summed E-state index contributed by atoms with van der Waals surface area (Å²) in [5.41, 5.74) is 5.70. The van der Waals surface area contributed by atoms with Gasteiger partial charge in [0.25, 0.3) is 0 Å². The van der Waals surface area contributed by atoms with Gasteiger partial charge in [-0.1, -0.05) is 20.8 Å². The predicted octanol–water partition coefficient (Wildman–Crippen LogP) is 0.299. The van der Waals surface area contributed by atoms with Crippen molar-refractivity contribution in [3.63, 3.8) is 0 Å².